The smallest absolute Gasteiger partial charge is 0.338 e. The predicted molar refractivity (Wildman–Crippen MR) is 146 cm³/mol. The molecule has 0 saturated heterocycles. The number of esters is 1. The number of aromatic nitrogens is 1. The van der Waals surface area contributed by atoms with Crippen LogP contribution in [0.4, 0.5) is 0 Å². The average Bonchev–Trinajstić information content (AvgIpc) is 3.29. The molecule has 0 aliphatic rings. The Morgan fingerprint density at radius 1 is 0.794 bits per heavy atom. The molecule has 3 aromatic rings. The van der Waals surface area contributed by atoms with E-state index in [1.54, 1.807) is 11.3 Å². The van der Waals surface area contributed by atoms with Gasteiger partial charge in [0, 0.05) is 5.56 Å². The van der Waals surface area contributed by atoms with E-state index in [4.69, 9.17) is 9.72 Å². The van der Waals surface area contributed by atoms with E-state index in [9.17, 15) is 4.79 Å². The summed E-state index contributed by atoms with van der Waals surface area (Å²) >= 11 is 1.73. The fraction of sp³-hybridized carbons (Fsp3) is 0.533. The highest BCUT2D eigenvalue weighted by atomic mass is 32.1. The Balaban J connectivity index is 1.49. The van der Waals surface area contributed by atoms with Crippen molar-refractivity contribution >= 4 is 27.5 Å². The van der Waals surface area contributed by atoms with E-state index in [0.717, 1.165) is 35.4 Å². The van der Waals surface area contributed by atoms with E-state index < -0.39 is 0 Å². The molecule has 0 radical (unpaired) electrons. The zero-order chi connectivity index (χ0) is 24.0. The molecule has 0 aliphatic carbocycles. The lowest BCUT2D eigenvalue weighted by atomic mass is 10.0. The highest BCUT2D eigenvalue weighted by Crippen LogP contribution is 2.31. The maximum atomic E-state index is 12.3. The first-order chi connectivity index (χ1) is 16.7. The molecule has 2 aromatic carbocycles. The van der Waals surface area contributed by atoms with Crippen molar-refractivity contribution in [1.29, 1.82) is 0 Å². The van der Waals surface area contributed by atoms with Crippen LogP contribution in [0.5, 0.6) is 0 Å². The molecule has 0 saturated carbocycles. The summed E-state index contributed by atoms with van der Waals surface area (Å²) in [6, 6.07) is 14.4. The number of benzene rings is 2. The summed E-state index contributed by atoms with van der Waals surface area (Å²) in [5.74, 6) is -0.233. The molecule has 34 heavy (non-hydrogen) atoms. The Labute approximate surface area is 210 Å². The third-order valence-corrected chi connectivity index (χ3v) is 7.44. The molecule has 4 heteroatoms. The summed E-state index contributed by atoms with van der Waals surface area (Å²) in [6.45, 7) is 4.99. The van der Waals surface area contributed by atoms with Crippen molar-refractivity contribution in [3.05, 3.63) is 53.6 Å². The number of carbonyl (C=O) groups excluding carboxylic acids is 1. The van der Waals surface area contributed by atoms with Crippen molar-refractivity contribution < 1.29 is 9.53 Å². The third-order valence-electron chi connectivity index (χ3n) is 6.37. The number of thiazole rings is 1. The number of unbranched alkanes of at least 4 members (excludes halogenated alkanes) is 10. The first-order valence-corrected chi connectivity index (χ1v) is 14.2. The summed E-state index contributed by atoms with van der Waals surface area (Å²) in [5, 5.41) is 0.999. The number of fused-ring (bicyclic) bond motifs is 1. The zero-order valence-electron chi connectivity index (χ0n) is 21.1. The van der Waals surface area contributed by atoms with Crippen LogP contribution in [0.1, 0.15) is 107 Å². The van der Waals surface area contributed by atoms with Crippen LogP contribution in [0.15, 0.2) is 42.5 Å². The van der Waals surface area contributed by atoms with Gasteiger partial charge in [-0.15, -0.1) is 11.3 Å². The van der Waals surface area contributed by atoms with Gasteiger partial charge in [0.15, 0.2) is 0 Å². The van der Waals surface area contributed by atoms with Crippen LogP contribution in [0.3, 0.4) is 0 Å². The minimum Gasteiger partial charge on any atom is -0.462 e. The molecular formula is C30H41NO2S. The van der Waals surface area contributed by atoms with Crippen LogP contribution < -0.4 is 0 Å². The van der Waals surface area contributed by atoms with Crippen LogP contribution >= 0.6 is 11.3 Å². The van der Waals surface area contributed by atoms with E-state index in [-0.39, 0.29) is 5.97 Å². The van der Waals surface area contributed by atoms with Gasteiger partial charge in [-0.3, -0.25) is 0 Å². The lowest BCUT2D eigenvalue weighted by molar-refractivity contribution is 0.0497. The van der Waals surface area contributed by atoms with Gasteiger partial charge < -0.3 is 4.74 Å². The second kappa shape index (κ2) is 14.9. The minimum absolute atomic E-state index is 0.233. The highest BCUT2D eigenvalue weighted by molar-refractivity contribution is 7.21. The lowest BCUT2D eigenvalue weighted by Crippen LogP contribution is -2.06. The molecule has 0 amide bonds. The number of hydrogen-bond donors (Lipinski definition) is 0. The second-order valence-electron chi connectivity index (χ2n) is 9.32. The highest BCUT2D eigenvalue weighted by Gasteiger charge is 2.10. The maximum absolute atomic E-state index is 12.3. The van der Waals surface area contributed by atoms with Gasteiger partial charge in [0.05, 0.1) is 22.4 Å². The van der Waals surface area contributed by atoms with Crippen LogP contribution in [0.25, 0.3) is 20.8 Å². The van der Waals surface area contributed by atoms with Crippen LogP contribution in [0.2, 0.25) is 0 Å². The molecule has 0 atom stereocenters. The van der Waals surface area contributed by atoms with E-state index in [1.165, 1.54) is 74.5 Å². The summed E-state index contributed by atoms with van der Waals surface area (Å²) in [5.41, 5.74) is 4.11. The average molecular weight is 480 g/mol. The van der Waals surface area contributed by atoms with Gasteiger partial charge in [-0.1, -0.05) is 96.3 Å². The fourth-order valence-electron chi connectivity index (χ4n) is 4.24. The Morgan fingerprint density at radius 3 is 2.15 bits per heavy atom. The van der Waals surface area contributed by atoms with Crippen LogP contribution in [-0.2, 0) is 11.2 Å². The van der Waals surface area contributed by atoms with E-state index in [2.05, 4.69) is 32.0 Å². The SMILES string of the molecule is CCCCCCCCOC(=O)c1ccc(-c2nc3ccc(CCCCCCCC)cc3s2)cc1. The van der Waals surface area contributed by atoms with Crippen LogP contribution in [0, 0.1) is 0 Å². The summed E-state index contributed by atoms with van der Waals surface area (Å²) in [7, 11) is 0. The molecule has 0 unspecified atom stereocenters. The standard InChI is InChI=1S/C30H41NO2S/c1-3-5-7-9-11-13-15-24-16-21-27-28(23-24)34-29(31-27)25-17-19-26(20-18-25)30(32)33-22-14-12-10-8-6-4-2/h16-21,23H,3-15,22H2,1-2H3. The van der Waals surface area contributed by atoms with Crippen molar-refractivity contribution in [2.75, 3.05) is 6.61 Å². The summed E-state index contributed by atoms with van der Waals surface area (Å²) in [6.07, 6.45) is 16.2. The van der Waals surface area contributed by atoms with Gasteiger partial charge in [-0.2, -0.15) is 0 Å². The summed E-state index contributed by atoms with van der Waals surface area (Å²) in [4.78, 5) is 17.2. The molecule has 0 N–H and O–H groups in total. The Hall–Kier alpha value is -2.20. The molecule has 3 nitrogen and oxygen atoms in total. The molecule has 0 aliphatic heterocycles. The van der Waals surface area contributed by atoms with Crippen LogP contribution in [-0.4, -0.2) is 17.6 Å². The number of nitrogens with zero attached hydrogens (tertiary/aromatic N) is 1. The number of rotatable bonds is 16. The molecule has 1 heterocycles. The van der Waals surface area contributed by atoms with Gasteiger partial charge in [0.25, 0.3) is 0 Å². The van der Waals surface area contributed by atoms with E-state index in [0.29, 0.717) is 12.2 Å². The van der Waals surface area contributed by atoms with Crippen molar-refractivity contribution in [1.82, 2.24) is 4.98 Å². The Kier molecular flexibility index (Phi) is 11.6. The maximum Gasteiger partial charge on any atom is 0.338 e. The molecule has 0 spiro atoms. The molecule has 1 aromatic heterocycles. The minimum atomic E-state index is -0.233. The zero-order valence-corrected chi connectivity index (χ0v) is 21.9. The van der Waals surface area contributed by atoms with Crippen molar-refractivity contribution in [2.24, 2.45) is 0 Å². The topological polar surface area (TPSA) is 39.2 Å². The second-order valence-corrected chi connectivity index (χ2v) is 10.4. The van der Waals surface area contributed by atoms with Gasteiger partial charge in [0.1, 0.15) is 5.01 Å². The third kappa shape index (κ3) is 8.54. The van der Waals surface area contributed by atoms with Crippen molar-refractivity contribution in [2.45, 2.75) is 97.3 Å². The normalized spacial score (nSPS) is 11.2. The predicted octanol–water partition coefficient (Wildman–Crippen LogP) is 9.38. The fourth-order valence-corrected chi connectivity index (χ4v) is 5.27. The van der Waals surface area contributed by atoms with Crippen molar-refractivity contribution in [3.63, 3.8) is 0 Å². The number of aryl methyl sites for hydroxylation is 1. The molecule has 0 bridgehead atoms. The molecule has 3 rings (SSSR count). The molecule has 184 valence electrons. The first-order valence-electron chi connectivity index (χ1n) is 13.4. The monoisotopic (exact) mass is 479 g/mol. The van der Waals surface area contributed by atoms with E-state index >= 15 is 0 Å². The number of ether oxygens (including phenoxy) is 1. The lowest BCUT2D eigenvalue weighted by Gasteiger charge is -2.05. The van der Waals surface area contributed by atoms with E-state index in [1.807, 2.05) is 24.3 Å². The quantitative estimate of drug-likeness (QED) is 0.152. The molecule has 0 fully saturated rings. The first kappa shape index (κ1) is 26.4. The summed E-state index contributed by atoms with van der Waals surface area (Å²) < 4.78 is 6.69. The van der Waals surface area contributed by atoms with Crippen molar-refractivity contribution in [3.8, 4) is 10.6 Å². The largest absolute Gasteiger partial charge is 0.462 e. The van der Waals surface area contributed by atoms with Gasteiger partial charge in [-0.05, 0) is 49.1 Å². The number of hydrogen-bond acceptors (Lipinski definition) is 4. The van der Waals surface area contributed by atoms with Gasteiger partial charge >= 0.3 is 5.97 Å². The van der Waals surface area contributed by atoms with Gasteiger partial charge in [-0.25, -0.2) is 9.78 Å². The number of carbonyl (C=O) groups is 1. The Bertz CT molecular complexity index is 993. The van der Waals surface area contributed by atoms with Gasteiger partial charge in [0.2, 0.25) is 0 Å². The molecular weight excluding hydrogens is 438 g/mol. The Morgan fingerprint density at radius 2 is 1.44 bits per heavy atom.